The number of H-pyrrole nitrogens is 1. The van der Waals surface area contributed by atoms with Gasteiger partial charge in [-0.05, 0) is 60.2 Å². The van der Waals surface area contributed by atoms with Gasteiger partial charge in [0.15, 0.2) is 5.82 Å². The van der Waals surface area contributed by atoms with Crippen molar-refractivity contribution in [3.8, 4) is 17.1 Å². The Hall–Kier alpha value is -3.23. The predicted octanol–water partition coefficient (Wildman–Crippen LogP) is 5.12. The standard InChI is InChI=1S/C21H17ClFN5OS/c22-17-3-6-19(29-13-14-1-4-18(23)5-2-14)16(11-17)12-25-28-20(26-27-21(28)30)15-7-9-24-10-8-15/h1-11,25H,12-13H2,(H,27,30). The molecule has 6 nitrogen and oxygen atoms in total. The number of rotatable bonds is 7. The number of pyridine rings is 1. The summed E-state index contributed by atoms with van der Waals surface area (Å²) in [5.41, 5.74) is 5.83. The maximum absolute atomic E-state index is 13.1. The molecule has 0 unspecified atom stereocenters. The molecule has 2 aromatic carbocycles. The smallest absolute Gasteiger partial charge is 0.214 e. The molecule has 30 heavy (non-hydrogen) atoms. The van der Waals surface area contributed by atoms with Gasteiger partial charge in [0.2, 0.25) is 4.77 Å². The highest BCUT2D eigenvalue weighted by atomic mass is 35.5. The Morgan fingerprint density at radius 1 is 1.10 bits per heavy atom. The monoisotopic (exact) mass is 441 g/mol. The maximum atomic E-state index is 13.1. The number of benzene rings is 2. The molecule has 0 fully saturated rings. The molecule has 0 aliphatic rings. The third-order valence-corrected chi connectivity index (χ3v) is 4.88. The Bertz CT molecular complexity index is 1190. The van der Waals surface area contributed by atoms with Crippen LogP contribution >= 0.6 is 23.8 Å². The summed E-state index contributed by atoms with van der Waals surface area (Å²) >= 11 is 11.5. The van der Waals surface area contributed by atoms with E-state index in [0.717, 1.165) is 16.7 Å². The summed E-state index contributed by atoms with van der Waals surface area (Å²) in [5.74, 6) is 1.02. The molecule has 0 aliphatic heterocycles. The highest BCUT2D eigenvalue weighted by Crippen LogP contribution is 2.25. The first-order valence-electron chi connectivity index (χ1n) is 9.07. The summed E-state index contributed by atoms with van der Waals surface area (Å²) in [5, 5.41) is 7.67. The lowest BCUT2D eigenvalue weighted by Crippen LogP contribution is -2.16. The van der Waals surface area contributed by atoms with Crippen LogP contribution in [0.3, 0.4) is 0 Å². The Morgan fingerprint density at radius 3 is 2.63 bits per heavy atom. The average Bonchev–Trinajstić information content (AvgIpc) is 3.13. The van der Waals surface area contributed by atoms with Crippen molar-refractivity contribution in [1.29, 1.82) is 0 Å². The highest BCUT2D eigenvalue weighted by Gasteiger charge is 2.11. The molecule has 0 atom stereocenters. The fraction of sp³-hybridized carbons (Fsp3) is 0.0952. The predicted molar refractivity (Wildman–Crippen MR) is 116 cm³/mol. The number of nitrogens with one attached hydrogen (secondary N) is 2. The number of hydrogen-bond donors (Lipinski definition) is 2. The van der Waals surface area contributed by atoms with Crippen LogP contribution in [0, 0.1) is 10.6 Å². The van der Waals surface area contributed by atoms with Crippen molar-refractivity contribution in [2.75, 3.05) is 5.43 Å². The second-order valence-electron chi connectivity index (χ2n) is 6.43. The van der Waals surface area contributed by atoms with E-state index in [2.05, 4.69) is 20.6 Å². The van der Waals surface area contributed by atoms with E-state index >= 15 is 0 Å². The lowest BCUT2D eigenvalue weighted by molar-refractivity contribution is 0.303. The Morgan fingerprint density at radius 2 is 1.87 bits per heavy atom. The maximum Gasteiger partial charge on any atom is 0.214 e. The highest BCUT2D eigenvalue weighted by molar-refractivity contribution is 7.71. The van der Waals surface area contributed by atoms with Gasteiger partial charge >= 0.3 is 0 Å². The van der Waals surface area contributed by atoms with Gasteiger partial charge in [0.25, 0.3) is 0 Å². The van der Waals surface area contributed by atoms with Crippen molar-refractivity contribution in [3.05, 3.63) is 93.7 Å². The topological polar surface area (TPSA) is 67.8 Å². The average molecular weight is 442 g/mol. The molecular weight excluding hydrogens is 425 g/mol. The molecule has 9 heteroatoms. The summed E-state index contributed by atoms with van der Waals surface area (Å²) in [6, 6.07) is 15.3. The van der Waals surface area contributed by atoms with E-state index in [-0.39, 0.29) is 5.82 Å². The lowest BCUT2D eigenvalue weighted by atomic mass is 10.2. The van der Waals surface area contributed by atoms with E-state index in [1.165, 1.54) is 12.1 Å². The van der Waals surface area contributed by atoms with Crippen LogP contribution in [-0.4, -0.2) is 19.9 Å². The minimum absolute atomic E-state index is 0.281. The van der Waals surface area contributed by atoms with Crippen molar-refractivity contribution >= 4 is 23.8 Å². The van der Waals surface area contributed by atoms with Crippen LogP contribution in [0.25, 0.3) is 11.4 Å². The van der Waals surface area contributed by atoms with Gasteiger partial charge in [-0.15, -0.1) is 0 Å². The first kappa shape index (κ1) is 20.1. The normalized spacial score (nSPS) is 10.7. The zero-order valence-corrected chi connectivity index (χ0v) is 17.3. The first-order valence-corrected chi connectivity index (χ1v) is 9.86. The Kier molecular flexibility index (Phi) is 6.06. The molecule has 0 saturated carbocycles. The van der Waals surface area contributed by atoms with Gasteiger partial charge in [-0.25, -0.2) is 14.2 Å². The number of nitrogens with zero attached hydrogens (tertiary/aromatic N) is 3. The van der Waals surface area contributed by atoms with Crippen LogP contribution in [0.15, 0.2) is 67.0 Å². The molecule has 0 radical (unpaired) electrons. The fourth-order valence-electron chi connectivity index (χ4n) is 2.87. The van der Waals surface area contributed by atoms with Gasteiger partial charge in [0.05, 0.1) is 6.54 Å². The number of ether oxygens (including phenoxy) is 1. The van der Waals surface area contributed by atoms with Crippen LogP contribution in [0.4, 0.5) is 4.39 Å². The summed E-state index contributed by atoms with van der Waals surface area (Å²) in [4.78, 5) is 4.03. The van der Waals surface area contributed by atoms with Crippen molar-refractivity contribution in [3.63, 3.8) is 0 Å². The van der Waals surface area contributed by atoms with Crippen LogP contribution in [-0.2, 0) is 13.2 Å². The SMILES string of the molecule is Fc1ccc(COc2ccc(Cl)cc2CNn2c(-c3ccncc3)n[nH]c2=S)cc1. The largest absolute Gasteiger partial charge is 0.489 e. The number of aromatic amines is 1. The minimum atomic E-state index is -0.281. The summed E-state index contributed by atoms with van der Waals surface area (Å²) in [6.45, 7) is 0.702. The summed E-state index contributed by atoms with van der Waals surface area (Å²) in [6.07, 6.45) is 3.38. The van der Waals surface area contributed by atoms with Gasteiger partial charge in [-0.1, -0.05) is 23.7 Å². The summed E-state index contributed by atoms with van der Waals surface area (Å²) in [7, 11) is 0. The molecular formula is C21H17ClFN5OS. The molecule has 2 aromatic heterocycles. The Labute approximate surface area is 182 Å². The molecule has 0 spiro atoms. The minimum Gasteiger partial charge on any atom is -0.489 e. The number of aromatic nitrogens is 4. The fourth-order valence-corrected chi connectivity index (χ4v) is 3.26. The van der Waals surface area contributed by atoms with Gasteiger partial charge in [0, 0.05) is 28.5 Å². The van der Waals surface area contributed by atoms with E-state index in [1.54, 1.807) is 41.3 Å². The number of hydrogen-bond acceptors (Lipinski definition) is 5. The summed E-state index contributed by atoms with van der Waals surface area (Å²) < 4.78 is 21.2. The van der Waals surface area contributed by atoms with Crippen molar-refractivity contribution in [1.82, 2.24) is 19.9 Å². The molecule has 152 valence electrons. The van der Waals surface area contributed by atoms with Crippen LogP contribution in [0.2, 0.25) is 5.02 Å². The van der Waals surface area contributed by atoms with E-state index < -0.39 is 0 Å². The molecule has 0 bridgehead atoms. The van der Waals surface area contributed by atoms with Gasteiger partial charge in [-0.3, -0.25) is 4.98 Å². The molecule has 0 amide bonds. The second-order valence-corrected chi connectivity index (χ2v) is 7.25. The lowest BCUT2D eigenvalue weighted by Gasteiger charge is -2.15. The third kappa shape index (κ3) is 4.67. The van der Waals surface area contributed by atoms with E-state index in [9.17, 15) is 4.39 Å². The van der Waals surface area contributed by atoms with Gasteiger partial charge in [0.1, 0.15) is 18.2 Å². The third-order valence-electron chi connectivity index (χ3n) is 4.37. The Balaban J connectivity index is 1.53. The zero-order chi connectivity index (χ0) is 20.9. The van der Waals surface area contributed by atoms with Gasteiger partial charge in [-0.2, -0.15) is 5.10 Å². The van der Waals surface area contributed by atoms with Crippen LogP contribution in [0.1, 0.15) is 11.1 Å². The number of halogens is 2. The van der Waals surface area contributed by atoms with Crippen LogP contribution in [0.5, 0.6) is 5.75 Å². The molecule has 4 rings (SSSR count). The zero-order valence-electron chi connectivity index (χ0n) is 15.7. The molecule has 2 heterocycles. The molecule has 0 saturated heterocycles. The van der Waals surface area contributed by atoms with Crippen LogP contribution < -0.4 is 10.2 Å². The molecule has 0 aliphatic carbocycles. The quantitative estimate of drug-likeness (QED) is 0.390. The second kappa shape index (κ2) is 9.06. The first-order chi connectivity index (χ1) is 14.6. The van der Waals surface area contributed by atoms with Crippen molar-refractivity contribution in [2.45, 2.75) is 13.2 Å². The molecule has 4 aromatic rings. The van der Waals surface area contributed by atoms with Gasteiger partial charge < -0.3 is 10.2 Å². The van der Waals surface area contributed by atoms with E-state index in [0.29, 0.717) is 34.5 Å². The van der Waals surface area contributed by atoms with Crippen molar-refractivity contribution < 1.29 is 9.13 Å². The molecule has 2 N–H and O–H groups in total. The van der Waals surface area contributed by atoms with E-state index in [1.807, 2.05) is 18.2 Å². The van der Waals surface area contributed by atoms with Crippen molar-refractivity contribution in [2.24, 2.45) is 0 Å². The van der Waals surface area contributed by atoms with E-state index in [4.69, 9.17) is 28.6 Å².